The Balaban J connectivity index is 2.09. The number of benzene rings is 1. The van der Waals surface area contributed by atoms with E-state index < -0.39 is 0 Å². The lowest BCUT2D eigenvalue weighted by molar-refractivity contribution is 0.396. The molecule has 0 saturated carbocycles. The van der Waals surface area contributed by atoms with Crippen LogP contribution >= 0.6 is 35.0 Å². The Morgan fingerprint density at radius 3 is 2.61 bits per heavy atom. The number of hydrogen-bond donors (Lipinski definition) is 1. The summed E-state index contributed by atoms with van der Waals surface area (Å²) in [6.07, 6.45) is 1.18. The van der Waals surface area contributed by atoms with E-state index in [2.05, 4.69) is 24.3 Å². The predicted octanol–water partition coefficient (Wildman–Crippen LogP) is 3.63. The van der Waals surface area contributed by atoms with Crippen LogP contribution in [0.4, 0.5) is 0 Å². The van der Waals surface area contributed by atoms with Gasteiger partial charge in [0.1, 0.15) is 0 Å². The van der Waals surface area contributed by atoms with Crippen molar-refractivity contribution in [2.45, 2.75) is 11.3 Å². The monoisotopic (exact) mass is 306 g/mol. The molecule has 0 radical (unpaired) electrons. The van der Waals surface area contributed by atoms with Gasteiger partial charge in [-0.2, -0.15) is 0 Å². The molecule has 0 amide bonds. The van der Waals surface area contributed by atoms with Gasteiger partial charge in [0.2, 0.25) is 0 Å². The van der Waals surface area contributed by atoms with Crippen molar-refractivity contribution in [3.63, 3.8) is 0 Å². The summed E-state index contributed by atoms with van der Waals surface area (Å²) in [7, 11) is 4.19. The van der Waals surface area contributed by atoms with E-state index in [9.17, 15) is 0 Å². The van der Waals surface area contributed by atoms with Gasteiger partial charge in [-0.25, -0.2) is 0 Å². The molecule has 0 aliphatic carbocycles. The summed E-state index contributed by atoms with van der Waals surface area (Å²) < 4.78 is 0. The second-order valence-electron chi connectivity index (χ2n) is 4.33. The molecule has 1 rings (SSSR count). The lowest BCUT2D eigenvalue weighted by Crippen LogP contribution is -2.23. The molecule has 5 heteroatoms. The maximum absolute atomic E-state index is 5.96. The lowest BCUT2D eigenvalue weighted by Gasteiger charge is -2.09. The van der Waals surface area contributed by atoms with Crippen molar-refractivity contribution in [1.29, 1.82) is 0 Å². The Bertz CT molecular complexity index is 359. The minimum atomic E-state index is 0.614. The highest BCUT2D eigenvalue weighted by Crippen LogP contribution is 2.27. The van der Waals surface area contributed by atoms with E-state index in [1.807, 2.05) is 18.2 Å². The van der Waals surface area contributed by atoms with Crippen LogP contribution in [0.5, 0.6) is 0 Å². The van der Waals surface area contributed by atoms with Gasteiger partial charge in [-0.3, -0.25) is 0 Å². The van der Waals surface area contributed by atoms with E-state index in [0.717, 1.165) is 25.4 Å². The normalized spacial score (nSPS) is 11.2. The van der Waals surface area contributed by atoms with Crippen LogP contribution in [0.3, 0.4) is 0 Å². The van der Waals surface area contributed by atoms with E-state index in [4.69, 9.17) is 23.2 Å². The van der Waals surface area contributed by atoms with Crippen molar-refractivity contribution in [2.75, 3.05) is 39.5 Å². The number of hydrogen-bond acceptors (Lipinski definition) is 3. The molecule has 0 fully saturated rings. The van der Waals surface area contributed by atoms with Gasteiger partial charge in [0.25, 0.3) is 0 Å². The molecule has 2 nitrogen and oxygen atoms in total. The van der Waals surface area contributed by atoms with Crippen LogP contribution in [0.15, 0.2) is 23.1 Å². The molecule has 1 N–H and O–H groups in total. The molecule has 18 heavy (non-hydrogen) atoms. The molecule has 0 aliphatic heterocycles. The highest BCUT2D eigenvalue weighted by Gasteiger charge is 1.99. The van der Waals surface area contributed by atoms with Gasteiger partial charge in [0.05, 0.1) is 10.0 Å². The smallest absolute Gasteiger partial charge is 0.0603 e. The quantitative estimate of drug-likeness (QED) is 0.583. The first-order valence-corrected chi connectivity index (χ1v) is 7.77. The number of halogens is 2. The molecule has 0 saturated heterocycles. The van der Waals surface area contributed by atoms with E-state index in [-0.39, 0.29) is 0 Å². The maximum Gasteiger partial charge on any atom is 0.0603 e. The summed E-state index contributed by atoms with van der Waals surface area (Å²) in [4.78, 5) is 3.37. The Morgan fingerprint density at radius 1 is 1.17 bits per heavy atom. The van der Waals surface area contributed by atoms with Crippen LogP contribution in [0, 0.1) is 0 Å². The summed E-state index contributed by atoms with van der Waals surface area (Å²) >= 11 is 13.6. The number of thioether (sulfide) groups is 1. The fourth-order valence-corrected chi connectivity index (χ4v) is 2.66. The third-order valence-corrected chi connectivity index (χ3v) is 4.13. The van der Waals surface area contributed by atoms with E-state index in [1.165, 1.54) is 11.3 Å². The van der Waals surface area contributed by atoms with Crippen molar-refractivity contribution in [2.24, 2.45) is 0 Å². The Morgan fingerprint density at radius 2 is 1.94 bits per heavy atom. The Hall–Kier alpha value is 0.0700. The van der Waals surface area contributed by atoms with E-state index in [0.29, 0.717) is 10.0 Å². The summed E-state index contributed by atoms with van der Waals surface area (Å²) in [5.41, 5.74) is 0. The zero-order chi connectivity index (χ0) is 13.4. The number of nitrogens with zero attached hydrogens (tertiary/aromatic N) is 1. The molecular formula is C13H20Cl2N2S. The third-order valence-electron chi connectivity index (χ3n) is 2.40. The molecule has 0 heterocycles. The second kappa shape index (κ2) is 9.05. The Labute approximate surface area is 124 Å². The SMILES string of the molecule is CN(C)CCCNCCSc1ccc(Cl)c(Cl)c1. The van der Waals surface area contributed by atoms with Gasteiger partial charge in [0.15, 0.2) is 0 Å². The largest absolute Gasteiger partial charge is 0.316 e. The molecule has 1 aromatic carbocycles. The van der Waals surface area contributed by atoms with Crippen molar-refractivity contribution < 1.29 is 0 Å². The van der Waals surface area contributed by atoms with Gasteiger partial charge >= 0.3 is 0 Å². The summed E-state index contributed by atoms with van der Waals surface area (Å²) in [6, 6.07) is 5.77. The van der Waals surface area contributed by atoms with Gasteiger partial charge in [-0.05, 0) is 51.8 Å². The van der Waals surface area contributed by atoms with Crippen LogP contribution in [0.1, 0.15) is 6.42 Å². The average molecular weight is 307 g/mol. The van der Waals surface area contributed by atoms with Crippen molar-refractivity contribution in [3.05, 3.63) is 28.2 Å². The third kappa shape index (κ3) is 6.86. The van der Waals surface area contributed by atoms with Gasteiger partial charge in [-0.15, -0.1) is 11.8 Å². The maximum atomic E-state index is 5.96. The molecule has 0 aliphatic rings. The van der Waals surface area contributed by atoms with Crippen LogP contribution in [0.2, 0.25) is 10.0 Å². The van der Waals surface area contributed by atoms with Crippen molar-refractivity contribution in [1.82, 2.24) is 10.2 Å². The van der Waals surface area contributed by atoms with Crippen LogP contribution in [-0.4, -0.2) is 44.4 Å². The highest BCUT2D eigenvalue weighted by molar-refractivity contribution is 7.99. The zero-order valence-electron chi connectivity index (χ0n) is 10.9. The van der Waals surface area contributed by atoms with Crippen molar-refractivity contribution >= 4 is 35.0 Å². The predicted molar refractivity (Wildman–Crippen MR) is 83.2 cm³/mol. The van der Waals surface area contributed by atoms with Crippen LogP contribution in [-0.2, 0) is 0 Å². The standard InChI is InChI=1S/C13H20Cl2N2S/c1-17(2)8-3-6-16-7-9-18-11-4-5-12(14)13(15)10-11/h4-5,10,16H,3,6-9H2,1-2H3. The lowest BCUT2D eigenvalue weighted by atomic mass is 10.4. The fourth-order valence-electron chi connectivity index (χ4n) is 1.45. The minimum absolute atomic E-state index is 0.614. The molecule has 0 bridgehead atoms. The molecule has 0 aromatic heterocycles. The molecule has 0 spiro atoms. The van der Waals surface area contributed by atoms with Crippen molar-refractivity contribution in [3.8, 4) is 0 Å². The first kappa shape index (κ1) is 16.1. The number of nitrogens with one attached hydrogen (secondary N) is 1. The first-order chi connectivity index (χ1) is 8.59. The summed E-state index contributed by atoms with van der Waals surface area (Å²) in [5, 5.41) is 4.67. The molecular weight excluding hydrogens is 287 g/mol. The first-order valence-electron chi connectivity index (χ1n) is 6.03. The van der Waals surface area contributed by atoms with E-state index in [1.54, 1.807) is 11.8 Å². The van der Waals surface area contributed by atoms with Gasteiger partial charge in [-0.1, -0.05) is 23.2 Å². The average Bonchev–Trinajstić information content (AvgIpc) is 2.32. The van der Waals surface area contributed by atoms with Crippen LogP contribution < -0.4 is 5.32 Å². The highest BCUT2D eigenvalue weighted by atomic mass is 35.5. The van der Waals surface area contributed by atoms with Gasteiger partial charge in [0, 0.05) is 17.2 Å². The number of rotatable bonds is 8. The molecule has 102 valence electrons. The van der Waals surface area contributed by atoms with Crippen LogP contribution in [0.25, 0.3) is 0 Å². The Kier molecular flexibility index (Phi) is 8.11. The molecule has 1 aromatic rings. The summed E-state index contributed by atoms with van der Waals surface area (Å²) in [5.74, 6) is 1.04. The minimum Gasteiger partial charge on any atom is -0.316 e. The molecule has 0 atom stereocenters. The molecule has 0 unspecified atom stereocenters. The second-order valence-corrected chi connectivity index (χ2v) is 6.31. The summed E-state index contributed by atoms with van der Waals surface area (Å²) in [6.45, 7) is 3.21. The van der Waals surface area contributed by atoms with Gasteiger partial charge < -0.3 is 10.2 Å². The zero-order valence-corrected chi connectivity index (χ0v) is 13.2. The topological polar surface area (TPSA) is 15.3 Å². The van der Waals surface area contributed by atoms with E-state index >= 15 is 0 Å². The fraction of sp³-hybridized carbons (Fsp3) is 0.538.